The Kier molecular flexibility index (Phi) is 2.50. The summed E-state index contributed by atoms with van der Waals surface area (Å²) in [7, 11) is 0. The van der Waals surface area contributed by atoms with Gasteiger partial charge in [-0.05, 0) is 40.6 Å². The van der Waals surface area contributed by atoms with E-state index in [4.69, 9.17) is 0 Å². The average Bonchev–Trinajstić information content (AvgIpc) is 2.26. The van der Waals surface area contributed by atoms with Gasteiger partial charge in [0.1, 0.15) is 12.0 Å². The van der Waals surface area contributed by atoms with Gasteiger partial charge in [0.05, 0.1) is 0 Å². The van der Waals surface area contributed by atoms with Crippen LogP contribution in [-0.2, 0) is 4.79 Å². The molecule has 15 heavy (non-hydrogen) atoms. The highest BCUT2D eigenvalue weighted by atomic mass is 16.3. The maximum absolute atomic E-state index is 10.2. The fourth-order valence-electron chi connectivity index (χ4n) is 1.51. The maximum atomic E-state index is 10.2. The van der Waals surface area contributed by atoms with Gasteiger partial charge in [0.2, 0.25) is 0 Å². The summed E-state index contributed by atoms with van der Waals surface area (Å²) in [6, 6.07) is 11.0. The molecule has 0 amide bonds. The smallest absolute Gasteiger partial charge is 0.142 e. The summed E-state index contributed by atoms with van der Waals surface area (Å²) in [5.41, 5.74) is 0.972. The van der Waals surface area contributed by atoms with Gasteiger partial charge in [-0.15, -0.1) is 0 Å². The molecular weight excluding hydrogens is 188 g/mol. The molecule has 2 aromatic carbocycles. The lowest BCUT2D eigenvalue weighted by atomic mass is 10.1. The highest BCUT2D eigenvalue weighted by Gasteiger charge is 1.95. The molecule has 1 N–H and O–H groups in total. The topological polar surface area (TPSA) is 37.3 Å². The van der Waals surface area contributed by atoms with Crippen LogP contribution in [0, 0.1) is 0 Å². The Morgan fingerprint density at radius 1 is 1.00 bits per heavy atom. The summed E-state index contributed by atoms with van der Waals surface area (Å²) in [6.45, 7) is 0. The van der Waals surface area contributed by atoms with Crippen LogP contribution in [0.3, 0.4) is 0 Å². The van der Waals surface area contributed by atoms with Crippen LogP contribution in [0.15, 0.2) is 42.5 Å². The zero-order valence-corrected chi connectivity index (χ0v) is 8.05. The number of phenolic OH excluding ortho intramolecular Hbond substituents is 1. The third-order valence-corrected chi connectivity index (χ3v) is 2.22. The number of aromatic hydroxyl groups is 1. The summed E-state index contributed by atoms with van der Waals surface area (Å²) in [6.07, 6.45) is 3.96. The second-order valence-corrected chi connectivity index (χ2v) is 3.29. The SMILES string of the molecule is O=CC=Cc1ccc2cc(O)ccc2c1. The van der Waals surface area contributed by atoms with Gasteiger partial charge in [-0.1, -0.05) is 24.3 Å². The van der Waals surface area contributed by atoms with E-state index >= 15 is 0 Å². The molecule has 0 aliphatic heterocycles. The molecule has 2 rings (SSSR count). The monoisotopic (exact) mass is 198 g/mol. The van der Waals surface area contributed by atoms with Crippen molar-refractivity contribution in [1.29, 1.82) is 0 Å². The van der Waals surface area contributed by atoms with Crippen LogP contribution < -0.4 is 0 Å². The number of carbonyl (C=O) groups is 1. The molecule has 2 nitrogen and oxygen atoms in total. The standard InChI is InChI=1S/C13H10O2/c14-7-1-2-10-3-4-12-9-13(15)6-5-11(12)8-10/h1-9,15H. The molecule has 0 unspecified atom stereocenters. The van der Waals surface area contributed by atoms with Gasteiger partial charge in [-0.25, -0.2) is 0 Å². The van der Waals surface area contributed by atoms with Gasteiger partial charge in [-0.2, -0.15) is 0 Å². The number of hydrogen-bond donors (Lipinski definition) is 1. The molecule has 74 valence electrons. The van der Waals surface area contributed by atoms with Gasteiger partial charge in [-0.3, -0.25) is 4.79 Å². The van der Waals surface area contributed by atoms with E-state index in [0.717, 1.165) is 22.6 Å². The van der Waals surface area contributed by atoms with Crippen LogP contribution >= 0.6 is 0 Å². The third kappa shape index (κ3) is 2.05. The first-order valence-corrected chi connectivity index (χ1v) is 4.64. The molecule has 0 aromatic heterocycles. The van der Waals surface area contributed by atoms with E-state index in [9.17, 15) is 9.90 Å². The molecule has 0 radical (unpaired) electrons. The van der Waals surface area contributed by atoms with Gasteiger partial charge >= 0.3 is 0 Å². The predicted octanol–water partition coefficient (Wildman–Crippen LogP) is 2.76. The maximum Gasteiger partial charge on any atom is 0.142 e. The first kappa shape index (κ1) is 9.46. The second-order valence-electron chi connectivity index (χ2n) is 3.29. The number of aldehydes is 1. The molecule has 0 heterocycles. The molecule has 0 saturated heterocycles. The largest absolute Gasteiger partial charge is 0.508 e. The molecule has 0 aliphatic rings. The van der Waals surface area contributed by atoms with E-state index in [1.54, 1.807) is 18.2 Å². The fourth-order valence-corrected chi connectivity index (χ4v) is 1.51. The van der Waals surface area contributed by atoms with Gasteiger partial charge in [0.25, 0.3) is 0 Å². The van der Waals surface area contributed by atoms with Crippen LogP contribution in [0.4, 0.5) is 0 Å². The van der Waals surface area contributed by atoms with Crippen molar-refractivity contribution in [3.05, 3.63) is 48.0 Å². The van der Waals surface area contributed by atoms with E-state index in [-0.39, 0.29) is 5.75 Å². The molecule has 0 atom stereocenters. The lowest BCUT2D eigenvalue weighted by Crippen LogP contribution is -1.76. The van der Waals surface area contributed by atoms with Crippen LogP contribution in [0.25, 0.3) is 16.8 Å². The van der Waals surface area contributed by atoms with E-state index < -0.39 is 0 Å². The first-order valence-electron chi connectivity index (χ1n) is 4.64. The third-order valence-electron chi connectivity index (χ3n) is 2.22. The number of hydrogen-bond acceptors (Lipinski definition) is 2. The van der Waals surface area contributed by atoms with E-state index in [1.165, 1.54) is 6.08 Å². The molecule has 0 aliphatic carbocycles. The van der Waals surface area contributed by atoms with Gasteiger partial charge < -0.3 is 5.11 Å². The normalized spacial score (nSPS) is 10.9. The Hall–Kier alpha value is -2.09. The first-order chi connectivity index (χ1) is 7.29. The molecule has 2 aromatic rings. The Morgan fingerprint density at radius 3 is 2.53 bits per heavy atom. The molecule has 0 saturated carbocycles. The van der Waals surface area contributed by atoms with Crippen molar-refractivity contribution in [2.45, 2.75) is 0 Å². The molecule has 2 heteroatoms. The van der Waals surface area contributed by atoms with Crippen LogP contribution in [0.5, 0.6) is 5.75 Å². The lowest BCUT2D eigenvalue weighted by Gasteiger charge is -2.00. The Labute approximate surface area is 87.5 Å². The minimum atomic E-state index is 0.263. The predicted molar refractivity (Wildman–Crippen MR) is 60.7 cm³/mol. The number of benzene rings is 2. The van der Waals surface area contributed by atoms with Crippen LogP contribution in [0.2, 0.25) is 0 Å². The summed E-state index contributed by atoms with van der Waals surface area (Å²) in [5.74, 6) is 0.263. The van der Waals surface area contributed by atoms with Crippen molar-refractivity contribution in [2.75, 3.05) is 0 Å². The summed E-state index contributed by atoms with van der Waals surface area (Å²) >= 11 is 0. The number of allylic oxidation sites excluding steroid dienone is 1. The lowest BCUT2D eigenvalue weighted by molar-refractivity contribution is -0.104. The zero-order valence-electron chi connectivity index (χ0n) is 8.05. The quantitative estimate of drug-likeness (QED) is 0.595. The molecule has 0 fully saturated rings. The van der Waals surface area contributed by atoms with Crippen LogP contribution in [0.1, 0.15) is 5.56 Å². The number of carbonyl (C=O) groups excluding carboxylic acids is 1. The van der Waals surface area contributed by atoms with E-state index in [0.29, 0.717) is 0 Å². The average molecular weight is 198 g/mol. The molecule has 0 bridgehead atoms. The van der Waals surface area contributed by atoms with E-state index in [2.05, 4.69) is 0 Å². The Morgan fingerprint density at radius 2 is 1.73 bits per heavy atom. The summed E-state index contributed by atoms with van der Waals surface area (Å²) < 4.78 is 0. The van der Waals surface area contributed by atoms with Crippen molar-refractivity contribution < 1.29 is 9.90 Å². The van der Waals surface area contributed by atoms with Gasteiger partial charge in [0, 0.05) is 0 Å². The summed E-state index contributed by atoms with van der Waals surface area (Å²) in [4.78, 5) is 10.2. The highest BCUT2D eigenvalue weighted by Crippen LogP contribution is 2.21. The molecular formula is C13H10O2. The van der Waals surface area contributed by atoms with E-state index in [1.807, 2.05) is 24.3 Å². The Bertz CT molecular complexity index is 527. The number of rotatable bonds is 2. The van der Waals surface area contributed by atoms with Crippen molar-refractivity contribution >= 4 is 23.1 Å². The highest BCUT2D eigenvalue weighted by molar-refractivity contribution is 5.86. The second kappa shape index (κ2) is 3.96. The minimum absolute atomic E-state index is 0.263. The van der Waals surface area contributed by atoms with Crippen molar-refractivity contribution in [2.24, 2.45) is 0 Å². The minimum Gasteiger partial charge on any atom is -0.508 e. The van der Waals surface area contributed by atoms with Crippen molar-refractivity contribution in [1.82, 2.24) is 0 Å². The number of fused-ring (bicyclic) bond motifs is 1. The molecule has 0 spiro atoms. The fraction of sp³-hybridized carbons (Fsp3) is 0. The zero-order chi connectivity index (χ0) is 10.7. The van der Waals surface area contributed by atoms with Crippen molar-refractivity contribution in [3.8, 4) is 5.75 Å². The summed E-state index contributed by atoms with van der Waals surface area (Å²) in [5, 5.41) is 11.3. The van der Waals surface area contributed by atoms with Gasteiger partial charge in [0.15, 0.2) is 0 Å². The van der Waals surface area contributed by atoms with Crippen molar-refractivity contribution in [3.63, 3.8) is 0 Å². The van der Waals surface area contributed by atoms with Crippen LogP contribution in [-0.4, -0.2) is 11.4 Å². The number of phenols is 1. The Balaban J connectivity index is 2.52.